The Bertz CT molecular complexity index is 305. The molecule has 0 aromatic heterocycles. The molecule has 0 saturated carbocycles. The monoisotopic (exact) mass is 272 g/mol. The molecule has 0 spiro atoms. The first-order chi connectivity index (χ1) is 6.33. The van der Waals surface area contributed by atoms with Crippen LogP contribution in [0.1, 0.15) is 6.92 Å². The Morgan fingerprint density at radius 3 is 1.80 bits per heavy atom. The van der Waals surface area contributed by atoms with E-state index in [2.05, 4.69) is 9.05 Å². The summed E-state index contributed by atoms with van der Waals surface area (Å²) in [5, 5.41) is 0. The number of halogens is 2. The van der Waals surface area contributed by atoms with E-state index in [9.17, 15) is 17.9 Å². The third-order valence-electron chi connectivity index (χ3n) is 1.01. The first-order valence-corrected chi connectivity index (χ1v) is 6.27. The molecule has 0 heterocycles. The lowest BCUT2D eigenvalue weighted by Gasteiger charge is -2.23. The van der Waals surface area contributed by atoms with Crippen LogP contribution in [-0.2, 0) is 18.2 Å². The van der Waals surface area contributed by atoms with Crippen LogP contribution in [-0.4, -0.2) is 31.8 Å². The topological polar surface area (TPSA) is 134 Å². The fourth-order valence-electron chi connectivity index (χ4n) is 0.500. The highest BCUT2D eigenvalue weighted by atomic mass is 31.2. The highest BCUT2D eigenvalue weighted by molar-refractivity contribution is 7.46. The maximum absolute atomic E-state index is 12.7. The van der Waals surface area contributed by atoms with Crippen LogP contribution in [0.2, 0.25) is 0 Å². The standard InChI is InChI=1S/C3H8F2O8P2/c1-2(12-14(6,7)8)3(4,5)13-15(9,10)11/h2H,1H3,(H2,6,7,8)(H2,9,10,11). The summed E-state index contributed by atoms with van der Waals surface area (Å²) in [5.74, 6) is 0. The summed E-state index contributed by atoms with van der Waals surface area (Å²) >= 11 is 0. The van der Waals surface area contributed by atoms with Gasteiger partial charge in [-0.05, 0) is 6.92 Å². The summed E-state index contributed by atoms with van der Waals surface area (Å²) in [6.45, 7) is 0.481. The Morgan fingerprint density at radius 1 is 1.13 bits per heavy atom. The van der Waals surface area contributed by atoms with Crippen LogP contribution < -0.4 is 0 Å². The van der Waals surface area contributed by atoms with Crippen molar-refractivity contribution in [3.8, 4) is 0 Å². The third-order valence-corrected chi connectivity index (χ3v) is 2.08. The minimum Gasteiger partial charge on any atom is -0.303 e. The number of phosphoric ester groups is 2. The summed E-state index contributed by atoms with van der Waals surface area (Å²) in [7, 11) is -10.7. The van der Waals surface area contributed by atoms with Crippen molar-refractivity contribution in [2.45, 2.75) is 19.1 Å². The van der Waals surface area contributed by atoms with Crippen molar-refractivity contribution >= 4 is 15.6 Å². The van der Waals surface area contributed by atoms with Crippen molar-refractivity contribution < 1.29 is 46.5 Å². The molecule has 92 valence electrons. The predicted molar refractivity (Wildman–Crippen MR) is 40.7 cm³/mol. The highest BCUT2D eigenvalue weighted by Crippen LogP contribution is 2.47. The molecule has 0 bridgehead atoms. The quantitative estimate of drug-likeness (QED) is 0.521. The number of hydrogen-bond acceptors (Lipinski definition) is 4. The molecule has 0 fully saturated rings. The van der Waals surface area contributed by atoms with E-state index in [0.717, 1.165) is 0 Å². The van der Waals surface area contributed by atoms with Gasteiger partial charge in [0, 0.05) is 0 Å². The third kappa shape index (κ3) is 7.04. The van der Waals surface area contributed by atoms with Crippen LogP contribution in [0.25, 0.3) is 0 Å². The van der Waals surface area contributed by atoms with E-state index >= 15 is 0 Å². The van der Waals surface area contributed by atoms with Gasteiger partial charge in [0.05, 0.1) is 0 Å². The molecule has 0 saturated heterocycles. The Morgan fingerprint density at radius 2 is 1.53 bits per heavy atom. The Balaban J connectivity index is 4.60. The Kier molecular flexibility index (Phi) is 4.55. The predicted octanol–water partition coefficient (Wildman–Crippen LogP) is 0.186. The molecule has 12 heteroatoms. The molecule has 0 amide bonds. The van der Waals surface area contributed by atoms with E-state index in [4.69, 9.17) is 19.6 Å². The molecule has 0 aromatic rings. The van der Waals surface area contributed by atoms with Crippen LogP contribution >= 0.6 is 15.6 Å². The van der Waals surface area contributed by atoms with Crippen molar-refractivity contribution in [2.75, 3.05) is 0 Å². The summed E-state index contributed by atoms with van der Waals surface area (Å²) in [5.41, 5.74) is 0. The lowest BCUT2D eigenvalue weighted by atomic mass is 10.4. The van der Waals surface area contributed by atoms with Crippen LogP contribution in [0.15, 0.2) is 0 Å². The summed E-state index contributed by atoms with van der Waals surface area (Å²) in [4.78, 5) is 32.4. The Hall–Kier alpha value is 0.0800. The molecule has 8 nitrogen and oxygen atoms in total. The van der Waals surface area contributed by atoms with Gasteiger partial charge in [-0.1, -0.05) is 0 Å². The molecule has 0 aliphatic rings. The molecule has 4 N–H and O–H groups in total. The van der Waals surface area contributed by atoms with Crippen molar-refractivity contribution in [2.24, 2.45) is 0 Å². The zero-order chi connectivity index (χ0) is 12.5. The molecule has 1 unspecified atom stereocenters. The van der Waals surface area contributed by atoms with Gasteiger partial charge >= 0.3 is 21.8 Å². The zero-order valence-electron chi connectivity index (χ0n) is 7.15. The number of phosphoric acid groups is 2. The van der Waals surface area contributed by atoms with Gasteiger partial charge in [0.15, 0.2) is 6.10 Å². The van der Waals surface area contributed by atoms with Gasteiger partial charge in [-0.2, -0.15) is 8.78 Å². The van der Waals surface area contributed by atoms with Gasteiger partial charge in [0.1, 0.15) is 0 Å². The van der Waals surface area contributed by atoms with E-state index in [0.29, 0.717) is 6.92 Å². The number of rotatable bonds is 5. The first-order valence-electron chi connectivity index (χ1n) is 3.21. The van der Waals surface area contributed by atoms with Gasteiger partial charge in [0.2, 0.25) is 0 Å². The fourth-order valence-corrected chi connectivity index (χ4v) is 1.50. The maximum Gasteiger partial charge on any atom is 0.474 e. The fraction of sp³-hybridized carbons (Fsp3) is 1.00. The first kappa shape index (κ1) is 15.1. The SMILES string of the molecule is CC(OP(=O)(O)O)C(F)(F)OP(=O)(O)O. The molecule has 1 atom stereocenters. The lowest BCUT2D eigenvalue weighted by Crippen LogP contribution is -2.34. The van der Waals surface area contributed by atoms with Crippen molar-refractivity contribution in [1.29, 1.82) is 0 Å². The second-order valence-electron chi connectivity index (χ2n) is 2.38. The molecule has 0 aliphatic carbocycles. The minimum absolute atomic E-state index is 0.481. The minimum atomic E-state index is -5.49. The van der Waals surface area contributed by atoms with Gasteiger partial charge in [0.25, 0.3) is 0 Å². The average Bonchev–Trinajstić information content (AvgIpc) is 1.75. The van der Waals surface area contributed by atoms with Gasteiger partial charge in [-0.15, -0.1) is 0 Å². The van der Waals surface area contributed by atoms with Crippen LogP contribution in [0, 0.1) is 0 Å². The van der Waals surface area contributed by atoms with E-state index < -0.39 is 27.9 Å². The van der Waals surface area contributed by atoms with Crippen LogP contribution in [0.5, 0.6) is 0 Å². The highest BCUT2D eigenvalue weighted by Gasteiger charge is 2.47. The molecule has 0 aliphatic heterocycles. The molecule has 0 rings (SSSR count). The average molecular weight is 272 g/mol. The second kappa shape index (κ2) is 4.52. The molecular weight excluding hydrogens is 264 g/mol. The van der Waals surface area contributed by atoms with Gasteiger partial charge in [-0.25, -0.2) is 13.7 Å². The molecule has 15 heavy (non-hydrogen) atoms. The number of hydrogen-bond donors (Lipinski definition) is 4. The lowest BCUT2D eigenvalue weighted by molar-refractivity contribution is -0.237. The maximum atomic E-state index is 12.7. The smallest absolute Gasteiger partial charge is 0.303 e. The summed E-state index contributed by atoms with van der Waals surface area (Å²) in [6, 6.07) is 0. The van der Waals surface area contributed by atoms with Crippen molar-refractivity contribution in [3.63, 3.8) is 0 Å². The zero-order valence-corrected chi connectivity index (χ0v) is 8.94. The molecule has 0 aromatic carbocycles. The van der Waals surface area contributed by atoms with Crippen LogP contribution in [0.3, 0.4) is 0 Å². The number of alkyl halides is 2. The van der Waals surface area contributed by atoms with E-state index in [1.165, 1.54) is 0 Å². The van der Waals surface area contributed by atoms with Crippen LogP contribution in [0.4, 0.5) is 8.78 Å². The van der Waals surface area contributed by atoms with Crippen molar-refractivity contribution in [3.05, 3.63) is 0 Å². The summed E-state index contributed by atoms with van der Waals surface area (Å²) in [6.07, 6.45) is -7.05. The normalized spacial score (nSPS) is 16.5. The van der Waals surface area contributed by atoms with E-state index in [-0.39, 0.29) is 0 Å². The second-order valence-corrected chi connectivity index (χ2v) is 4.74. The molecular formula is C3H8F2O8P2. The summed E-state index contributed by atoms with van der Waals surface area (Å²) < 4.78 is 52.0. The van der Waals surface area contributed by atoms with E-state index in [1.54, 1.807) is 0 Å². The molecule has 0 radical (unpaired) electrons. The van der Waals surface area contributed by atoms with Crippen molar-refractivity contribution in [1.82, 2.24) is 0 Å². The largest absolute Gasteiger partial charge is 0.474 e. The Labute approximate surface area is 82.3 Å². The van der Waals surface area contributed by atoms with Gasteiger partial charge < -0.3 is 19.6 Å². The van der Waals surface area contributed by atoms with Gasteiger partial charge in [-0.3, -0.25) is 4.52 Å². The van der Waals surface area contributed by atoms with E-state index in [1.807, 2.05) is 0 Å².